The lowest BCUT2D eigenvalue weighted by atomic mass is 10.00. The molecule has 38 heavy (non-hydrogen) atoms. The van der Waals surface area contributed by atoms with Crippen molar-refractivity contribution in [2.45, 2.75) is 57.7 Å². The van der Waals surface area contributed by atoms with E-state index in [4.69, 9.17) is 0 Å². The molecule has 202 valence electrons. The molecular formula is C29H34F2N4O3. The molecule has 1 aromatic heterocycles. The van der Waals surface area contributed by atoms with Gasteiger partial charge in [0.15, 0.2) is 0 Å². The first kappa shape index (κ1) is 28.9. The molecular weight excluding hydrogens is 490 g/mol. The van der Waals surface area contributed by atoms with Crippen molar-refractivity contribution in [2.75, 3.05) is 11.9 Å². The Balaban J connectivity index is 1.55. The molecule has 2 atom stereocenters. The molecule has 3 aromatic rings. The van der Waals surface area contributed by atoms with Gasteiger partial charge in [0.05, 0.1) is 24.0 Å². The number of pyridine rings is 1. The molecule has 0 radical (unpaired) electrons. The molecule has 0 bridgehead atoms. The van der Waals surface area contributed by atoms with Gasteiger partial charge in [-0.15, -0.1) is 0 Å². The van der Waals surface area contributed by atoms with E-state index in [-0.39, 0.29) is 37.6 Å². The number of aryl methyl sites for hydroxylation is 1. The topological polar surface area (TPSA) is 103 Å². The zero-order chi connectivity index (χ0) is 27.3. The fourth-order valence-corrected chi connectivity index (χ4v) is 4.08. The number of benzene rings is 2. The fraction of sp³-hybridized carbons (Fsp3) is 0.345. The Morgan fingerprint density at radius 2 is 1.68 bits per heavy atom. The van der Waals surface area contributed by atoms with Crippen LogP contribution in [0.5, 0.6) is 0 Å². The van der Waals surface area contributed by atoms with Gasteiger partial charge < -0.3 is 21.1 Å². The van der Waals surface area contributed by atoms with Crippen molar-refractivity contribution in [2.24, 2.45) is 0 Å². The predicted molar refractivity (Wildman–Crippen MR) is 142 cm³/mol. The van der Waals surface area contributed by atoms with Crippen molar-refractivity contribution < 1.29 is 23.5 Å². The van der Waals surface area contributed by atoms with Gasteiger partial charge in [0, 0.05) is 38.2 Å². The van der Waals surface area contributed by atoms with Gasteiger partial charge >= 0.3 is 0 Å². The number of rotatable bonds is 14. The molecule has 0 unspecified atom stereocenters. The van der Waals surface area contributed by atoms with Gasteiger partial charge in [-0.25, -0.2) is 8.78 Å². The summed E-state index contributed by atoms with van der Waals surface area (Å²) in [6.07, 6.45) is 3.54. The first-order valence-electron chi connectivity index (χ1n) is 12.7. The zero-order valence-electron chi connectivity index (χ0n) is 21.4. The van der Waals surface area contributed by atoms with Gasteiger partial charge in [-0.2, -0.15) is 0 Å². The second-order valence-electron chi connectivity index (χ2n) is 9.17. The Morgan fingerprint density at radius 1 is 0.947 bits per heavy atom. The number of hydrogen-bond donors (Lipinski definition) is 4. The van der Waals surface area contributed by atoms with E-state index in [0.717, 1.165) is 18.1 Å². The van der Waals surface area contributed by atoms with Crippen LogP contribution in [0.2, 0.25) is 0 Å². The van der Waals surface area contributed by atoms with Crippen molar-refractivity contribution in [1.29, 1.82) is 0 Å². The van der Waals surface area contributed by atoms with Crippen LogP contribution in [0, 0.1) is 11.6 Å². The van der Waals surface area contributed by atoms with Gasteiger partial charge in [0.1, 0.15) is 11.6 Å². The van der Waals surface area contributed by atoms with Crippen LogP contribution < -0.4 is 16.0 Å². The zero-order valence-corrected chi connectivity index (χ0v) is 21.4. The molecule has 9 heteroatoms. The first-order valence-corrected chi connectivity index (χ1v) is 12.7. The van der Waals surface area contributed by atoms with Crippen LogP contribution in [0.25, 0.3) is 0 Å². The third-order valence-corrected chi connectivity index (χ3v) is 6.02. The summed E-state index contributed by atoms with van der Waals surface area (Å²) in [6, 6.07) is 13.9. The van der Waals surface area contributed by atoms with Crippen LogP contribution in [0.1, 0.15) is 42.9 Å². The molecule has 0 aliphatic rings. The highest BCUT2D eigenvalue weighted by Gasteiger charge is 2.22. The number of aliphatic hydroxyl groups excluding tert-OH is 1. The minimum atomic E-state index is -1.02. The van der Waals surface area contributed by atoms with Crippen molar-refractivity contribution in [1.82, 2.24) is 15.6 Å². The van der Waals surface area contributed by atoms with Gasteiger partial charge in [-0.3, -0.25) is 14.6 Å². The maximum absolute atomic E-state index is 13.7. The molecule has 4 N–H and O–H groups in total. The van der Waals surface area contributed by atoms with Crippen molar-refractivity contribution in [3.8, 4) is 0 Å². The SMILES string of the molecule is CCc1cccc(CNC[C@@H](O)[C@H](Cc2cc(F)cc(F)c2)NC(=O)CCCC(=O)Nc2cccnc2)c1. The summed E-state index contributed by atoms with van der Waals surface area (Å²) in [4.78, 5) is 28.7. The molecule has 1 heterocycles. The fourth-order valence-electron chi connectivity index (χ4n) is 4.08. The number of amides is 2. The number of nitrogens with one attached hydrogen (secondary N) is 3. The van der Waals surface area contributed by atoms with Crippen LogP contribution >= 0.6 is 0 Å². The van der Waals surface area contributed by atoms with Crippen molar-refractivity contribution >= 4 is 17.5 Å². The molecule has 0 fully saturated rings. The summed E-state index contributed by atoms with van der Waals surface area (Å²) in [5.41, 5.74) is 3.16. The number of anilines is 1. The first-order chi connectivity index (χ1) is 18.3. The molecule has 7 nitrogen and oxygen atoms in total. The van der Waals surface area contributed by atoms with E-state index in [2.05, 4.69) is 33.9 Å². The molecule has 0 saturated carbocycles. The molecule has 0 spiro atoms. The average Bonchev–Trinajstić information content (AvgIpc) is 2.88. The molecule has 0 saturated heterocycles. The summed E-state index contributed by atoms with van der Waals surface area (Å²) >= 11 is 0. The van der Waals surface area contributed by atoms with Crippen LogP contribution in [-0.2, 0) is 29.0 Å². The molecule has 0 aliphatic heterocycles. The Labute approximate surface area is 221 Å². The minimum absolute atomic E-state index is 0.0378. The van der Waals surface area contributed by atoms with Gasteiger partial charge in [0.2, 0.25) is 11.8 Å². The molecule has 2 amide bonds. The lowest BCUT2D eigenvalue weighted by Gasteiger charge is -2.25. The second kappa shape index (κ2) is 14.9. The monoisotopic (exact) mass is 524 g/mol. The number of aliphatic hydroxyl groups is 1. The maximum Gasteiger partial charge on any atom is 0.224 e. The second-order valence-corrected chi connectivity index (χ2v) is 9.17. The van der Waals surface area contributed by atoms with Crippen LogP contribution in [0.4, 0.5) is 14.5 Å². The Kier molecular flexibility index (Phi) is 11.3. The Morgan fingerprint density at radius 3 is 2.39 bits per heavy atom. The van der Waals surface area contributed by atoms with E-state index in [1.165, 1.54) is 23.9 Å². The number of carbonyl (C=O) groups is 2. The Hall–Kier alpha value is -3.69. The van der Waals surface area contributed by atoms with Gasteiger partial charge in [0.25, 0.3) is 0 Å². The molecule has 3 rings (SSSR count). The number of halogens is 2. The van der Waals surface area contributed by atoms with Crippen LogP contribution in [0.3, 0.4) is 0 Å². The lowest BCUT2D eigenvalue weighted by Crippen LogP contribution is -2.48. The summed E-state index contributed by atoms with van der Waals surface area (Å²) in [6.45, 7) is 2.75. The van der Waals surface area contributed by atoms with E-state index in [1.807, 2.05) is 18.2 Å². The maximum atomic E-state index is 13.7. The number of aromatic nitrogens is 1. The normalized spacial score (nSPS) is 12.5. The Bertz CT molecular complexity index is 1170. The van der Waals surface area contributed by atoms with Gasteiger partial charge in [-0.1, -0.05) is 31.2 Å². The highest BCUT2D eigenvalue weighted by molar-refractivity contribution is 5.90. The molecule has 0 aliphatic carbocycles. The summed E-state index contributed by atoms with van der Waals surface area (Å²) in [5, 5.41) is 19.6. The number of carbonyl (C=O) groups excluding carboxylic acids is 2. The largest absolute Gasteiger partial charge is 0.390 e. The van der Waals surface area contributed by atoms with E-state index < -0.39 is 23.8 Å². The van der Waals surface area contributed by atoms with Crippen molar-refractivity contribution in [3.05, 3.63) is 95.3 Å². The highest BCUT2D eigenvalue weighted by atomic mass is 19.1. The third kappa shape index (κ3) is 9.99. The lowest BCUT2D eigenvalue weighted by molar-refractivity contribution is -0.122. The standard InChI is InChI=1S/C29H34F2N4O3/c1-2-20-6-3-7-21(12-20)17-33-19-27(36)26(15-22-13-23(30)16-24(31)14-22)35-29(38)10-4-9-28(37)34-25-8-5-11-32-18-25/h3,5-8,11-14,16,18,26-27,33,36H,2,4,9-10,15,17,19H2,1H3,(H,34,37)(H,35,38)/t26-,27+/m0/s1. The number of hydrogen-bond acceptors (Lipinski definition) is 5. The summed E-state index contributed by atoms with van der Waals surface area (Å²) < 4.78 is 27.5. The van der Waals surface area contributed by atoms with Crippen LogP contribution in [-0.4, -0.2) is 40.6 Å². The summed E-state index contributed by atoms with van der Waals surface area (Å²) in [5.74, 6) is -2.06. The van der Waals surface area contributed by atoms with E-state index in [9.17, 15) is 23.5 Å². The average molecular weight is 525 g/mol. The van der Waals surface area contributed by atoms with E-state index in [1.54, 1.807) is 18.3 Å². The van der Waals surface area contributed by atoms with E-state index in [0.29, 0.717) is 24.2 Å². The summed E-state index contributed by atoms with van der Waals surface area (Å²) in [7, 11) is 0. The van der Waals surface area contributed by atoms with Gasteiger partial charge in [-0.05, 0) is 60.2 Å². The molecule has 2 aromatic carbocycles. The van der Waals surface area contributed by atoms with Crippen LogP contribution in [0.15, 0.2) is 67.0 Å². The third-order valence-electron chi connectivity index (χ3n) is 6.02. The quantitative estimate of drug-likeness (QED) is 0.256. The predicted octanol–water partition coefficient (Wildman–Crippen LogP) is 3.91. The highest BCUT2D eigenvalue weighted by Crippen LogP contribution is 2.13. The minimum Gasteiger partial charge on any atom is -0.390 e. The number of nitrogens with zero attached hydrogens (tertiary/aromatic N) is 1. The van der Waals surface area contributed by atoms with E-state index >= 15 is 0 Å². The van der Waals surface area contributed by atoms with Crippen molar-refractivity contribution in [3.63, 3.8) is 0 Å². The smallest absolute Gasteiger partial charge is 0.224 e.